The summed E-state index contributed by atoms with van der Waals surface area (Å²) in [5.41, 5.74) is 0.121. The highest BCUT2D eigenvalue weighted by molar-refractivity contribution is 6.41. The number of halogens is 1. The topological polar surface area (TPSA) is 40.6 Å². The highest BCUT2D eigenvalue weighted by Crippen LogP contribution is 2.21. The zero-order valence-corrected chi connectivity index (χ0v) is 9.60. The third kappa shape index (κ3) is 2.05. The van der Waals surface area contributed by atoms with Crippen LogP contribution in [0.1, 0.15) is 0 Å². The van der Waals surface area contributed by atoms with Gasteiger partial charge in [0.15, 0.2) is 0 Å². The van der Waals surface area contributed by atoms with E-state index in [1.807, 2.05) is 0 Å². The van der Waals surface area contributed by atoms with Crippen LogP contribution in [-0.2, 0) is 9.59 Å². The van der Waals surface area contributed by atoms with Gasteiger partial charge >= 0.3 is 11.8 Å². The van der Waals surface area contributed by atoms with Gasteiger partial charge in [0.25, 0.3) is 0 Å². The Morgan fingerprint density at radius 2 is 1.94 bits per heavy atom. The maximum absolute atomic E-state index is 13.6. The number of carbonyl (C=O) groups is 2. The summed E-state index contributed by atoms with van der Waals surface area (Å²) in [5, 5.41) is 0. The van der Waals surface area contributed by atoms with Crippen LogP contribution in [-0.4, -0.2) is 36.3 Å². The number of benzene rings is 1. The molecule has 0 bridgehead atoms. The highest BCUT2D eigenvalue weighted by Gasteiger charge is 2.33. The smallest absolute Gasteiger partial charge is 0.316 e. The quantitative estimate of drug-likeness (QED) is 0.567. The molecular weight excluding hydrogens is 235 g/mol. The Labute approximate surface area is 104 Å². The van der Waals surface area contributed by atoms with E-state index in [1.165, 1.54) is 23.1 Å². The Bertz CT molecular complexity index is 536. The largest absolute Gasteiger partial charge is 0.322 e. The van der Waals surface area contributed by atoms with Crippen LogP contribution in [0.25, 0.3) is 0 Å². The van der Waals surface area contributed by atoms with Gasteiger partial charge in [0.1, 0.15) is 5.82 Å². The van der Waals surface area contributed by atoms with Gasteiger partial charge in [0, 0.05) is 13.1 Å². The Kier molecular flexibility index (Phi) is 3.28. The van der Waals surface area contributed by atoms with E-state index in [4.69, 9.17) is 6.42 Å². The first-order valence-electron chi connectivity index (χ1n) is 5.44. The minimum Gasteiger partial charge on any atom is -0.322 e. The average molecular weight is 246 g/mol. The first-order valence-corrected chi connectivity index (χ1v) is 5.44. The number of rotatable bonds is 2. The SMILES string of the molecule is C#CCN1CCN(c2ccccc2F)C(=O)C1=O. The van der Waals surface area contributed by atoms with Crippen LogP contribution in [0.15, 0.2) is 24.3 Å². The molecular formula is C13H11FN2O2. The van der Waals surface area contributed by atoms with Crippen molar-refractivity contribution in [1.82, 2.24) is 4.90 Å². The summed E-state index contributed by atoms with van der Waals surface area (Å²) in [5.74, 6) is 0.350. The Balaban J connectivity index is 2.24. The van der Waals surface area contributed by atoms with Crippen molar-refractivity contribution in [2.45, 2.75) is 0 Å². The third-order valence-corrected chi connectivity index (χ3v) is 2.73. The second-order valence-electron chi connectivity index (χ2n) is 3.84. The van der Waals surface area contributed by atoms with Gasteiger partial charge in [-0.3, -0.25) is 14.5 Å². The van der Waals surface area contributed by atoms with Gasteiger partial charge in [-0.1, -0.05) is 18.1 Å². The molecule has 1 aliphatic rings. The summed E-state index contributed by atoms with van der Waals surface area (Å²) < 4.78 is 13.6. The molecule has 2 amide bonds. The number of terminal acetylenes is 1. The van der Waals surface area contributed by atoms with Gasteiger partial charge in [-0.05, 0) is 12.1 Å². The molecule has 0 atom stereocenters. The number of nitrogens with zero attached hydrogens (tertiary/aromatic N) is 2. The molecule has 1 aliphatic heterocycles. The maximum atomic E-state index is 13.6. The molecule has 1 saturated heterocycles. The van der Waals surface area contributed by atoms with E-state index < -0.39 is 17.6 Å². The molecule has 0 saturated carbocycles. The van der Waals surface area contributed by atoms with Crippen LogP contribution in [0, 0.1) is 18.2 Å². The number of para-hydroxylation sites is 1. The average Bonchev–Trinajstić information content (AvgIpc) is 2.37. The van der Waals surface area contributed by atoms with E-state index in [9.17, 15) is 14.0 Å². The van der Waals surface area contributed by atoms with Crippen molar-refractivity contribution in [1.29, 1.82) is 0 Å². The van der Waals surface area contributed by atoms with Crippen molar-refractivity contribution in [3.8, 4) is 12.3 Å². The molecule has 0 aliphatic carbocycles. The second-order valence-corrected chi connectivity index (χ2v) is 3.84. The molecule has 2 rings (SSSR count). The van der Waals surface area contributed by atoms with E-state index in [0.29, 0.717) is 6.54 Å². The lowest BCUT2D eigenvalue weighted by atomic mass is 10.2. The van der Waals surface area contributed by atoms with Gasteiger partial charge in [-0.15, -0.1) is 6.42 Å². The monoisotopic (exact) mass is 246 g/mol. The fraction of sp³-hybridized carbons (Fsp3) is 0.231. The predicted molar refractivity (Wildman–Crippen MR) is 64.2 cm³/mol. The molecule has 1 heterocycles. The van der Waals surface area contributed by atoms with Gasteiger partial charge in [0.2, 0.25) is 0 Å². The summed E-state index contributed by atoms with van der Waals surface area (Å²) in [4.78, 5) is 26.0. The van der Waals surface area contributed by atoms with Crippen molar-refractivity contribution in [2.75, 3.05) is 24.5 Å². The van der Waals surface area contributed by atoms with Crippen LogP contribution in [0.2, 0.25) is 0 Å². The fourth-order valence-corrected chi connectivity index (χ4v) is 1.84. The molecule has 18 heavy (non-hydrogen) atoms. The van der Waals surface area contributed by atoms with Gasteiger partial charge < -0.3 is 4.90 Å². The summed E-state index contributed by atoms with van der Waals surface area (Å²) in [7, 11) is 0. The van der Waals surface area contributed by atoms with Crippen LogP contribution in [0.5, 0.6) is 0 Å². The normalized spacial score (nSPS) is 15.8. The summed E-state index contributed by atoms with van der Waals surface area (Å²) in [6.45, 7) is 0.645. The van der Waals surface area contributed by atoms with Crippen molar-refractivity contribution in [3.63, 3.8) is 0 Å². The summed E-state index contributed by atoms with van der Waals surface area (Å²) in [6, 6.07) is 5.86. The van der Waals surface area contributed by atoms with Crippen molar-refractivity contribution >= 4 is 17.5 Å². The van der Waals surface area contributed by atoms with Crippen LogP contribution in [0.4, 0.5) is 10.1 Å². The highest BCUT2D eigenvalue weighted by atomic mass is 19.1. The molecule has 4 nitrogen and oxygen atoms in total. The predicted octanol–water partition coefficient (Wildman–Crippen LogP) is 0.634. The zero-order chi connectivity index (χ0) is 13.1. The molecule has 0 unspecified atom stereocenters. The number of amides is 2. The molecule has 92 valence electrons. The number of hydrogen-bond donors (Lipinski definition) is 0. The molecule has 0 radical (unpaired) electrons. The van der Waals surface area contributed by atoms with Gasteiger partial charge in [-0.25, -0.2) is 4.39 Å². The lowest BCUT2D eigenvalue weighted by molar-refractivity contribution is -0.145. The van der Waals surface area contributed by atoms with E-state index in [-0.39, 0.29) is 18.8 Å². The lowest BCUT2D eigenvalue weighted by Gasteiger charge is -2.32. The second kappa shape index (κ2) is 4.88. The summed E-state index contributed by atoms with van der Waals surface area (Å²) >= 11 is 0. The molecule has 1 aromatic carbocycles. The first-order chi connectivity index (χ1) is 8.65. The number of hydrogen-bond acceptors (Lipinski definition) is 2. The van der Waals surface area contributed by atoms with Crippen LogP contribution < -0.4 is 4.90 Å². The van der Waals surface area contributed by atoms with Crippen molar-refractivity contribution < 1.29 is 14.0 Å². The Morgan fingerprint density at radius 1 is 1.22 bits per heavy atom. The lowest BCUT2D eigenvalue weighted by Crippen LogP contribution is -2.54. The minimum atomic E-state index is -0.749. The summed E-state index contributed by atoms with van der Waals surface area (Å²) in [6.07, 6.45) is 5.11. The number of anilines is 1. The molecule has 0 N–H and O–H groups in total. The van der Waals surface area contributed by atoms with Gasteiger partial charge in [0.05, 0.1) is 12.2 Å². The number of piperazine rings is 1. The maximum Gasteiger partial charge on any atom is 0.316 e. The molecule has 5 heteroatoms. The Morgan fingerprint density at radius 3 is 2.61 bits per heavy atom. The minimum absolute atomic E-state index is 0.0929. The first kappa shape index (κ1) is 12.1. The van der Waals surface area contributed by atoms with E-state index in [0.717, 1.165) is 4.90 Å². The van der Waals surface area contributed by atoms with E-state index >= 15 is 0 Å². The molecule has 1 fully saturated rings. The van der Waals surface area contributed by atoms with Crippen LogP contribution >= 0.6 is 0 Å². The fourth-order valence-electron chi connectivity index (χ4n) is 1.84. The zero-order valence-electron chi connectivity index (χ0n) is 9.60. The standard InChI is InChI=1S/C13H11FN2O2/c1-2-7-15-8-9-16(13(18)12(15)17)11-6-4-3-5-10(11)14/h1,3-6H,7-9H2. The molecule has 0 aromatic heterocycles. The Hall–Kier alpha value is -2.35. The van der Waals surface area contributed by atoms with Gasteiger partial charge in [-0.2, -0.15) is 0 Å². The van der Waals surface area contributed by atoms with Crippen molar-refractivity contribution in [2.24, 2.45) is 0 Å². The molecule has 0 spiro atoms. The van der Waals surface area contributed by atoms with Crippen LogP contribution in [0.3, 0.4) is 0 Å². The number of carbonyl (C=O) groups excluding carboxylic acids is 2. The van der Waals surface area contributed by atoms with E-state index in [1.54, 1.807) is 6.07 Å². The van der Waals surface area contributed by atoms with E-state index in [2.05, 4.69) is 5.92 Å². The third-order valence-electron chi connectivity index (χ3n) is 2.73. The van der Waals surface area contributed by atoms with Crippen molar-refractivity contribution in [3.05, 3.63) is 30.1 Å². The molecule has 1 aromatic rings.